The van der Waals surface area contributed by atoms with Crippen LogP contribution in [0.5, 0.6) is 0 Å². The lowest BCUT2D eigenvalue weighted by molar-refractivity contribution is -0.113. The summed E-state index contributed by atoms with van der Waals surface area (Å²) >= 11 is 0. The van der Waals surface area contributed by atoms with Gasteiger partial charge in [0.1, 0.15) is 11.8 Å². The number of fused-ring (bicyclic) bond motifs is 1. The molecule has 0 amide bonds. The number of aliphatic hydroxyl groups excluding tert-OH is 1. The van der Waals surface area contributed by atoms with E-state index in [0.29, 0.717) is 0 Å². The van der Waals surface area contributed by atoms with E-state index in [1.165, 1.54) is 12.8 Å². The van der Waals surface area contributed by atoms with Crippen molar-refractivity contribution in [2.24, 2.45) is 5.92 Å². The third-order valence-electron chi connectivity index (χ3n) is 5.18. The van der Waals surface area contributed by atoms with E-state index < -0.39 is 6.10 Å². The summed E-state index contributed by atoms with van der Waals surface area (Å²) in [5.41, 5.74) is 1.73. The predicted octanol–water partition coefficient (Wildman–Crippen LogP) is 3.11. The van der Waals surface area contributed by atoms with Gasteiger partial charge in [-0.25, -0.2) is 4.98 Å². The monoisotopic (exact) mass is 286 g/mol. The maximum Gasteiger partial charge on any atom is 0.137 e. The highest BCUT2D eigenvalue weighted by molar-refractivity contribution is 5.39. The number of rotatable bonds is 2. The van der Waals surface area contributed by atoms with Gasteiger partial charge in [0.05, 0.1) is 11.3 Å². The lowest BCUT2D eigenvalue weighted by Crippen LogP contribution is -2.39. The first-order valence-electron chi connectivity index (χ1n) is 8.01. The van der Waals surface area contributed by atoms with Gasteiger partial charge in [0.15, 0.2) is 0 Å². The van der Waals surface area contributed by atoms with Crippen molar-refractivity contribution in [2.75, 3.05) is 6.61 Å². The van der Waals surface area contributed by atoms with Crippen molar-refractivity contribution in [1.82, 2.24) is 9.38 Å². The van der Waals surface area contributed by atoms with Gasteiger partial charge in [-0.15, -0.1) is 0 Å². The van der Waals surface area contributed by atoms with E-state index in [1.54, 1.807) is 0 Å². The second kappa shape index (κ2) is 5.11. The molecule has 2 aromatic rings. The van der Waals surface area contributed by atoms with Crippen LogP contribution in [0.1, 0.15) is 50.3 Å². The van der Waals surface area contributed by atoms with Crippen molar-refractivity contribution in [3.8, 4) is 0 Å². The van der Waals surface area contributed by atoms with Crippen molar-refractivity contribution >= 4 is 5.65 Å². The van der Waals surface area contributed by atoms with E-state index in [2.05, 4.69) is 4.98 Å². The summed E-state index contributed by atoms with van der Waals surface area (Å²) in [4.78, 5) is 4.58. The summed E-state index contributed by atoms with van der Waals surface area (Å²) in [7, 11) is 0. The highest BCUT2D eigenvalue weighted by Crippen LogP contribution is 2.45. The van der Waals surface area contributed by atoms with Crippen LogP contribution in [0.4, 0.5) is 0 Å². The molecule has 2 aromatic heterocycles. The molecule has 1 spiro atoms. The predicted molar refractivity (Wildman–Crippen MR) is 80.0 cm³/mol. The van der Waals surface area contributed by atoms with E-state index in [4.69, 9.17) is 4.74 Å². The highest BCUT2D eigenvalue weighted by atomic mass is 16.5. The SMILES string of the molecule is OC(c1cn2ccccc2n1)C1CCOC2(CCCC2)C1. The van der Waals surface area contributed by atoms with Crippen LogP contribution < -0.4 is 0 Å². The Balaban J connectivity index is 1.57. The molecule has 0 aromatic carbocycles. The molecule has 3 heterocycles. The third-order valence-corrected chi connectivity index (χ3v) is 5.18. The summed E-state index contributed by atoms with van der Waals surface area (Å²) in [6, 6.07) is 5.92. The summed E-state index contributed by atoms with van der Waals surface area (Å²) in [6.07, 6.45) is 10.2. The molecule has 1 N–H and O–H groups in total. The molecule has 2 atom stereocenters. The first kappa shape index (κ1) is 13.3. The summed E-state index contributed by atoms with van der Waals surface area (Å²) < 4.78 is 8.04. The second-order valence-electron chi connectivity index (χ2n) is 6.57. The maximum absolute atomic E-state index is 10.8. The zero-order valence-corrected chi connectivity index (χ0v) is 12.2. The molecule has 112 valence electrons. The summed E-state index contributed by atoms with van der Waals surface area (Å²) in [5.74, 6) is 0.266. The molecule has 4 heteroatoms. The van der Waals surface area contributed by atoms with E-state index in [9.17, 15) is 5.11 Å². The van der Waals surface area contributed by atoms with Crippen molar-refractivity contribution < 1.29 is 9.84 Å². The third kappa shape index (κ3) is 2.36. The van der Waals surface area contributed by atoms with Gasteiger partial charge in [-0.1, -0.05) is 18.9 Å². The Labute approximate surface area is 124 Å². The van der Waals surface area contributed by atoms with Crippen LogP contribution in [0.2, 0.25) is 0 Å². The normalized spacial score (nSPS) is 26.4. The van der Waals surface area contributed by atoms with Crippen LogP contribution >= 0.6 is 0 Å². The zero-order chi connectivity index (χ0) is 14.3. The van der Waals surface area contributed by atoms with Crippen molar-refractivity contribution in [3.05, 3.63) is 36.3 Å². The molecule has 21 heavy (non-hydrogen) atoms. The van der Waals surface area contributed by atoms with Gasteiger partial charge in [-0.3, -0.25) is 0 Å². The molecular formula is C17H22N2O2. The molecular weight excluding hydrogens is 264 g/mol. The average Bonchev–Trinajstić information content (AvgIpc) is 3.13. The number of aromatic nitrogens is 2. The molecule has 0 bridgehead atoms. The molecule has 4 rings (SSSR count). The number of hydrogen-bond acceptors (Lipinski definition) is 3. The smallest absolute Gasteiger partial charge is 0.137 e. The van der Waals surface area contributed by atoms with Gasteiger partial charge >= 0.3 is 0 Å². The number of pyridine rings is 1. The van der Waals surface area contributed by atoms with Crippen LogP contribution in [-0.2, 0) is 4.74 Å². The number of hydrogen-bond donors (Lipinski definition) is 1. The molecule has 1 saturated heterocycles. The molecule has 1 aliphatic heterocycles. The minimum absolute atomic E-state index is 0.0447. The van der Waals surface area contributed by atoms with E-state index in [-0.39, 0.29) is 11.5 Å². The Hall–Kier alpha value is -1.39. The van der Waals surface area contributed by atoms with Gasteiger partial charge in [0.2, 0.25) is 0 Å². The minimum atomic E-state index is -0.480. The van der Waals surface area contributed by atoms with Crippen LogP contribution in [0.25, 0.3) is 5.65 Å². The van der Waals surface area contributed by atoms with Gasteiger partial charge in [0, 0.05) is 19.0 Å². The van der Waals surface area contributed by atoms with Crippen molar-refractivity contribution in [1.29, 1.82) is 0 Å². The van der Waals surface area contributed by atoms with Crippen molar-refractivity contribution in [3.63, 3.8) is 0 Å². The topological polar surface area (TPSA) is 46.8 Å². The quantitative estimate of drug-likeness (QED) is 0.922. The van der Waals surface area contributed by atoms with Crippen LogP contribution in [0.15, 0.2) is 30.6 Å². The second-order valence-corrected chi connectivity index (χ2v) is 6.57. The average molecular weight is 286 g/mol. The molecule has 2 aliphatic rings. The Bertz CT molecular complexity index is 598. The van der Waals surface area contributed by atoms with Gasteiger partial charge < -0.3 is 14.2 Å². The van der Waals surface area contributed by atoms with E-state index in [0.717, 1.165) is 43.6 Å². The van der Waals surface area contributed by atoms with Crippen LogP contribution in [-0.4, -0.2) is 26.7 Å². The standard InChI is InChI=1S/C17H22N2O2/c20-16(14-12-19-9-4-1-5-15(19)18-14)13-6-10-21-17(11-13)7-2-3-8-17/h1,4-5,9,12-13,16,20H,2-3,6-8,10-11H2. The number of nitrogens with zero attached hydrogens (tertiary/aromatic N) is 2. The van der Waals surface area contributed by atoms with Crippen LogP contribution in [0, 0.1) is 5.92 Å². The highest BCUT2D eigenvalue weighted by Gasteiger charge is 2.42. The van der Waals surface area contributed by atoms with E-state index >= 15 is 0 Å². The fraction of sp³-hybridized carbons (Fsp3) is 0.588. The lowest BCUT2D eigenvalue weighted by Gasteiger charge is -2.39. The van der Waals surface area contributed by atoms with Crippen molar-refractivity contribution in [2.45, 2.75) is 50.2 Å². The lowest BCUT2D eigenvalue weighted by atomic mass is 9.81. The maximum atomic E-state index is 10.8. The summed E-state index contributed by atoms with van der Waals surface area (Å²) in [5, 5.41) is 10.8. The van der Waals surface area contributed by atoms with Gasteiger partial charge in [-0.2, -0.15) is 0 Å². The molecule has 2 unspecified atom stereocenters. The Kier molecular flexibility index (Phi) is 3.23. The molecule has 1 aliphatic carbocycles. The molecule has 1 saturated carbocycles. The van der Waals surface area contributed by atoms with Gasteiger partial charge in [0.25, 0.3) is 0 Å². The molecule has 0 radical (unpaired) electrons. The largest absolute Gasteiger partial charge is 0.386 e. The number of ether oxygens (including phenoxy) is 1. The first-order chi connectivity index (χ1) is 10.3. The Morgan fingerprint density at radius 2 is 2.19 bits per heavy atom. The molecule has 2 fully saturated rings. The fourth-order valence-electron chi connectivity index (χ4n) is 4.04. The summed E-state index contributed by atoms with van der Waals surface area (Å²) in [6.45, 7) is 0.773. The Morgan fingerprint density at radius 1 is 1.33 bits per heavy atom. The van der Waals surface area contributed by atoms with Crippen LogP contribution in [0.3, 0.4) is 0 Å². The van der Waals surface area contributed by atoms with E-state index in [1.807, 2.05) is 35.0 Å². The molecule has 4 nitrogen and oxygen atoms in total. The fourth-order valence-corrected chi connectivity index (χ4v) is 4.04. The number of aliphatic hydroxyl groups is 1. The van der Waals surface area contributed by atoms with Gasteiger partial charge in [-0.05, 0) is 43.7 Å². The minimum Gasteiger partial charge on any atom is -0.386 e. The number of imidazole rings is 1. The zero-order valence-electron chi connectivity index (χ0n) is 12.2. The first-order valence-corrected chi connectivity index (χ1v) is 8.01. The Morgan fingerprint density at radius 3 is 3.00 bits per heavy atom.